The molecule has 0 bridgehead atoms. The van der Waals surface area contributed by atoms with E-state index in [-0.39, 0.29) is 21.4 Å². The van der Waals surface area contributed by atoms with Crippen LogP contribution in [0.2, 0.25) is 5.15 Å². The van der Waals surface area contributed by atoms with Gasteiger partial charge in [0.25, 0.3) is 0 Å². The van der Waals surface area contributed by atoms with E-state index in [4.69, 9.17) is 16.7 Å². The van der Waals surface area contributed by atoms with E-state index in [0.29, 0.717) is 34.3 Å². The lowest BCUT2D eigenvalue weighted by Gasteiger charge is -2.08. The number of hydrogen-bond acceptors (Lipinski definition) is 9. The average molecular weight is 524 g/mol. The van der Waals surface area contributed by atoms with Gasteiger partial charge in [-0.3, -0.25) is 4.79 Å². The van der Waals surface area contributed by atoms with Crippen molar-refractivity contribution in [3.63, 3.8) is 0 Å². The molecule has 0 atom stereocenters. The van der Waals surface area contributed by atoms with Gasteiger partial charge < -0.3 is 25.5 Å². The van der Waals surface area contributed by atoms with Gasteiger partial charge in [0.2, 0.25) is 0 Å². The number of nitrogens with one attached hydrogen (secondary N) is 3. The van der Waals surface area contributed by atoms with Gasteiger partial charge in [0.15, 0.2) is 5.12 Å². The number of carboxylic acids is 2. The van der Waals surface area contributed by atoms with E-state index < -0.39 is 11.9 Å². The second kappa shape index (κ2) is 9.28. The molecule has 4 aromatic heterocycles. The number of thioether (sulfide) groups is 1. The molecule has 5 heterocycles. The number of anilines is 2. The molecule has 12 nitrogen and oxygen atoms in total. The van der Waals surface area contributed by atoms with Gasteiger partial charge in [-0.25, -0.2) is 29.5 Å². The minimum absolute atomic E-state index is 0.0839. The third kappa shape index (κ3) is 4.32. The third-order valence-electron chi connectivity index (χ3n) is 5.24. The molecule has 5 N–H and O–H groups in total. The van der Waals surface area contributed by atoms with Gasteiger partial charge in [0.1, 0.15) is 34.9 Å². The first-order valence-electron chi connectivity index (χ1n) is 10.2. The quantitative estimate of drug-likeness (QED) is 0.215. The summed E-state index contributed by atoms with van der Waals surface area (Å²) >= 11 is 6.93. The second-order valence-electron chi connectivity index (χ2n) is 7.45. The lowest BCUT2D eigenvalue weighted by atomic mass is 10.1. The first-order valence-corrected chi connectivity index (χ1v) is 11.4. The van der Waals surface area contributed by atoms with Crippen LogP contribution in [0.4, 0.5) is 11.5 Å². The minimum atomic E-state index is -1.05. The van der Waals surface area contributed by atoms with Gasteiger partial charge >= 0.3 is 11.9 Å². The van der Waals surface area contributed by atoms with Crippen LogP contribution >= 0.6 is 23.4 Å². The fourth-order valence-electron chi connectivity index (χ4n) is 3.64. The van der Waals surface area contributed by atoms with Crippen LogP contribution in [0.15, 0.2) is 48.1 Å². The van der Waals surface area contributed by atoms with Crippen molar-refractivity contribution in [1.82, 2.24) is 29.9 Å². The number of aromatic amines is 2. The van der Waals surface area contributed by atoms with Crippen molar-refractivity contribution >= 4 is 74.0 Å². The minimum Gasteiger partial charge on any atom is -0.478 e. The van der Waals surface area contributed by atoms with E-state index in [9.17, 15) is 19.5 Å². The average Bonchev–Trinajstić information content (AvgIpc) is 3.55. The van der Waals surface area contributed by atoms with Crippen LogP contribution in [-0.2, 0) is 11.2 Å². The zero-order valence-electron chi connectivity index (χ0n) is 17.9. The van der Waals surface area contributed by atoms with Crippen LogP contribution in [-0.4, -0.2) is 57.2 Å². The Kier molecular flexibility index (Phi) is 6.00. The summed E-state index contributed by atoms with van der Waals surface area (Å²) in [6, 6.07) is 5.61. The SMILES string of the molecule is O=C(O)c1c[nH]c2ncnc(Cl)c12.O=C1Cc2ccc(Nc3ncnc4[nH]cc(C(=O)O)c34)cc2S1. The molecule has 0 amide bonds. The van der Waals surface area contributed by atoms with Gasteiger partial charge in [-0.15, -0.1) is 0 Å². The summed E-state index contributed by atoms with van der Waals surface area (Å²) in [4.78, 5) is 55.6. The summed E-state index contributed by atoms with van der Waals surface area (Å²) < 4.78 is 0. The van der Waals surface area contributed by atoms with Gasteiger partial charge in [-0.05, 0) is 17.7 Å². The van der Waals surface area contributed by atoms with Crippen molar-refractivity contribution < 1.29 is 24.6 Å². The topological polar surface area (TPSA) is 187 Å². The Balaban J connectivity index is 0.000000174. The van der Waals surface area contributed by atoms with E-state index in [1.807, 2.05) is 18.2 Å². The fraction of sp³-hybridized carbons (Fsp3) is 0.0455. The Morgan fingerprint density at radius 3 is 2.28 bits per heavy atom. The number of halogens is 1. The maximum absolute atomic E-state index is 11.5. The van der Waals surface area contributed by atoms with Gasteiger partial charge in [-0.2, -0.15) is 0 Å². The Morgan fingerprint density at radius 2 is 1.58 bits per heavy atom. The highest BCUT2D eigenvalue weighted by molar-refractivity contribution is 8.14. The highest BCUT2D eigenvalue weighted by Crippen LogP contribution is 2.35. The molecule has 180 valence electrons. The number of benzene rings is 1. The van der Waals surface area contributed by atoms with Gasteiger partial charge in [0, 0.05) is 29.4 Å². The van der Waals surface area contributed by atoms with E-state index in [1.165, 1.54) is 36.8 Å². The maximum atomic E-state index is 11.5. The number of fused-ring (bicyclic) bond motifs is 3. The zero-order valence-corrected chi connectivity index (χ0v) is 19.5. The number of aromatic carboxylic acids is 2. The van der Waals surface area contributed by atoms with Crippen molar-refractivity contribution in [3.05, 3.63) is 65.1 Å². The molecule has 1 aliphatic heterocycles. The van der Waals surface area contributed by atoms with E-state index in [0.717, 1.165) is 16.1 Å². The van der Waals surface area contributed by atoms with Crippen LogP contribution in [0.25, 0.3) is 22.1 Å². The predicted molar refractivity (Wildman–Crippen MR) is 131 cm³/mol. The molecule has 0 saturated heterocycles. The van der Waals surface area contributed by atoms with Crippen LogP contribution in [0, 0.1) is 0 Å². The predicted octanol–water partition coefficient (Wildman–Crippen LogP) is 3.88. The summed E-state index contributed by atoms with van der Waals surface area (Å²) in [7, 11) is 0. The summed E-state index contributed by atoms with van der Waals surface area (Å²) in [6.07, 6.45) is 5.81. The van der Waals surface area contributed by atoms with Crippen LogP contribution in [0.3, 0.4) is 0 Å². The number of carboxylic acid groups (broad SMARTS) is 2. The molecule has 0 radical (unpaired) electrons. The lowest BCUT2D eigenvalue weighted by molar-refractivity contribution is -0.110. The smallest absolute Gasteiger partial charge is 0.338 e. The van der Waals surface area contributed by atoms with E-state index in [2.05, 4.69) is 35.2 Å². The largest absolute Gasteiger partial charge is 0.478 e. The molecule has 0 spiro atoms. The Labute approximate surface area is 210 Å². The van der Waals surface area contributed by atoms with Crippen molar-refractivity contribution in [3.8, 4) is 0 Å². The number of H-pyrrole nitrogens is 2. The molecule has 6 rings (SSSR count). The molecule has 1 aliphatic rings. The van der Waals surface area contributed by atoms with Crippen LogP contribution in [0.1, 0.15) is 26.3 Å². The lowest BCUT2D eigenvalue weighted by Crippen LogP contribution is -2.00. The van der Waals surface area contributed by atoms with E-state index >= 15 is 0 Å². The first-order chi connectivity index (χ1) is 17.3. The molecular formula is C22H14ClN7O5S. The molecule has 0 aliphatic carbocycles. The number of aromatic nitrogens is 6. The number of nitrogens with zero attached hydrogens (tertiary/aromatic N) is 4. The molecule has 14 heteroatoms. The van der Waals surface area contributed by atoms with Crippen molar-refractivity contribution in [2.45, 2.75) is 11.3 Å². The Hall–Kier alpha value is -4.49. The zero-order chi connectivity index (χ0) is 25.4. The third-order valence-corrected chi connectivity index (χ3v) is 6.50. The molecule has 5 aromatic rings. The summed E-state index contributed by atoms with van der Waals surface area (Å²) in [6.45, 7) is 0. The Morgan fingerprint density at radius 1 is 0.944 bits per heavy atom. The van der Waals surface area contributed by atoms with Crippen molar-refractivity contribution in [1.29, 1.82) is 0 Å². The molecule has 0 unspecified atom stereocenters. The first kappa shape index (κ1) is 23.3. The van der Waals surface area contributed by atoms with Crippen LogP contribution < -0.4 is 5.32 Å². The van der Waals surface area contributed by atoms with Gasteiger partial charge in [0.05, 0.1) is 21.9 Å². The number of carbonyl (C=O) groups excluding carboxylic acids is 1. The maximum Gasteiger partial charge on any atom is 0.338 e. The van der Waals surface area contributed by atoms with Crippen molar-refractivity contribution in [2.75, 3.05) is 5.32 Å². The summed E-state index contributed by atoms with van der Waals surface area (Å²) in [5.41, 5.74) is 2.81. The Bertz CT molecular complexity index is 1680. The molecule has 36 heavy (non-hydrogen) atoms. The molecule has 1 aromatic carbocycles. The highest BCUT2D eigenvalue weighted by Gasteiger charge is 2.21. The van der Waals surface area contributed by atoms with Crippen LogP contribution in [0.5, 0.6) is 0 Å². The highest BCUT2D eigenvalue weighted by atomic mass is 35.5. The standard InChI is InChI=1S/C15H10N4O3S.C7H4ClN3O2/c20-11-3-7-1-2-8(4-10(7)23-11)19-14-12-9(15(21)22)5-16-13(12)17-6-18-14;8-5-4-3(7(12)13)1-9-6(4)11-2-10-5/h1-2,4-6H,3H2,(H,21,22)(H2,16,17,18,19);1-2H,(H,12,13)(H,9,10,11). The normalized spacial score (nSPS) is 12.3. The number of carbonyl (C=O) groups is 3. The van der Waals surface area contributed by atoms with E-state index in [1.54, 1.807) is 0 Å². The summed E-state index contributed by atoms with van der Waals surface area (Å²) in [5, 5.41) is 22.2. The number of rotatable bonds is 4. The van der Waals surface area contributed by atoms with Gasteiger partial charge in [-0.1, -0.05) is 29.4 Å². The second-order valence-corrected chi connectivity index (χ2v) is 8.90. The molecular weight excluding hydrogens is 510 g/mol. The molecule has 0 fully saturated rings. The summed E-state index contributed by atoms with van der Waals surface area (Å²) in [5.74, 6) is -1.70. The van der Waals surface area contributed by atoms with Crippen molar-refractivity contribution in [2.24, 2.45) is 0 Å². The number of hydrogen-bond donors (Lipinski definition) is 5. The fourth-order valence-corrected chi connectivity index (χ4v) is 4.81. The molecule has 0 saturated carbocycles. The monoisotopic (exact) mass is 523 g/mol.